The van der Waals surface area contributed by atoms with E-state index in [0.717, 1.165) is 0 Å². The smallest absolute Gasteiger partial charge is 0.255 e. The van der Waals surface area contributed by atoms with Crippen LogP contribution in [0.15, 0.2) is 24.5 Å². The van der Waals surface area contributed by atoms with Crippen LogP contribution in [-0.4, -0.2) is 76.7 Å². The molecular formula is C20H28N4O3. The number of aromatic nitrogens is 1. The van der Waals surface area contributed by atoms with Gasteiger partial charge in [0.1, 0.15) is 0 Å². The monoisotopic (exact) mass is 372 g/mol. The van der Waals surface area contributed by atoms with Crippen LogP contribution < -0.4 is 0 Å². The molecule has 3 amide bonds. The molecular weight excluding hydrogens is 344 g/mol. The van der Waals surface area contributed by atoms with E-state index in [4.69, 9.17) is 0 Å². The highest BCUT2D eigenvalue weighted by molar-refractivity contribution is 5.94. The molecule has 1 aromatic rings. The summed E-state index contributed by atoms with van der Waals surface area (Å²) in [4.78, 5) is 47.7. The van der Waals surface area contributed by atoms with Crippen molar-refractivity contribution < 1.29 is 14.4 Å². The van der Waals surface area contributed by atoms with Gasteiger partial charge in [0.15, 0.2) is 0 Å². The van der Waals surface area contributed by atoms with Crippen LogP contribution in [0, 0.1) is 11.3 Å². The standard InChI is InChI=1S/C20H28N4O3/c1-4-22-12-20(10-17(22)25)13-23(18(26)15(2)3)8-9-24(14-20)19(27)16-6-5-7-21-11-16/h5-7,11,15H,4,8-10,12-14H2,1-3H3/t20-/m0/s1. The van der Waals surface area contributed by atoms with E-state index in [0.29, 0.717) is 51.3 Å². The average molecular weight is 372 g/mol. The highest BCUT2D eigenvalue weighted by atomic mass is 16.2. The molecule has 1 aromatic heterocycles. The van der Waals surface area contributed by atoms with E-state index in [-0.39, 0.29) is 23.6 Å². The molecule has 3 rings (SSSR count). The van der Waals surface area contributed by atoms with Gasteiger partial charge in [-0.15, -0.1) is 0 Å². The van der Waals surface area contributed by atoms with Gasteiger partial charge in [-0.05, 0) is 19.1 Å². The summed E-state index contributed by atoms with van der Waals surface area (Å²) >= 11 is 0. The third-order valence-corrected chi connectivity index (χ3v) is 5.48. The van der Waals surface area contributed by atoms with Crippen molar-refractivity contribution in [1.82, 2.24) is 19.7 Å². The van der Waals surface area contributed by atoms with Crippen LogP contribution in [0.5, 0.6) is 0 Å². The molecule has 0 N–H and O–H groups in total. The predicted octanol–water partition coefficient (Wildman–Crippen LogP) is 1.26. The van der Waals surface area contributed by atoms with Crippen LogP contribution in [-0.2, 0) is 9.59 Å². The van der Waals surface area contributed by atoms with E-state index in [1.807, 2.05) is 30.6 Å². The molecule has 0 unspecified atom stereocenters. The summed E-state index contributed by atoms with van der Waals surface area (Å²) in [5.41, 5.74) is 0.124. The lowest BCUT2D eigenvalue weighted by Crippen LogP contribution is -2.46. The summed E-state index contributed by atoms with van der Waals surface area (Å²) in [6, 6.07) is 3.50. The Morgan fingerprint density at radius 2 is 1.89 bits per heavy atom. The molecule has 1 spiro atoms. The normalized spacial score (nSPS) is 23.3. The third kappa shape index (κ3) is 3.96. The van der Waals surface area contributed by atoms with Crippen LogP contribution in [0.2, 0.25) is 0 Å². The van der Waals surface area contributed by atoms with E-state index in [1.165, 1.54) is 0 Å². The number of carbonyl (C=O) groups excluding carboxylic acids is 3. The zero-order valence-electron chi connectivity index (χ0n) is 16.4. The highest BCUT2D eigenvalue weighted by Gasteiger charge is 2.47. The van der Waals surface area contributed by atoms with Crippen LogP contribution in [0.3, 0.4) is 0 Å². The first kappa shape index (κ1) is 19.3. The lowest BCUT2D eigenvalue weighted by Gasteiger charge is -2.34. The fourth-order valence-electron chi connectivity index (χ4n) is 4.14. The van der Waals surface area contributed by atoms with Gasteiger partial charge in [-0.3, -0.25) is 19.4 Å². The van der Waals surface area contributed by atoms with Crippen molar-refractivity contribution in [3.63, 3.8) is 0 Å². The van der Waals surface area contributed by atoms with Crippen molar-refractivity contribution in [2.75, 3.05) is 39.3 Å². The molecule has 7 nitrogen and oxygen atoms in total. The minimum atomic E-state index is -0.411. The predicted molar refractivity (Wildman–Crippen MR) is 101 cm³/mol. The van der Waals surface area contributed by atoms with E-state index in [9.17, 15) is 14.4 Å². The molecule has 146 valence electrons. The van der Waals surface area contributed by atoms with Crippen molar-refractivity contribution in [3.05, 3.63) is 30.1 Å². The second kappa shape index (κ2) is 7.66. The summed E-state index contributed by atoms with van der Waals surface area (Å²) in [5, 5.41) is 0. The molecule has 2 fully saturated rings. The van der Waals surface area contributed by atoms with Gasteiger partial charge in [-0.2, -0.15) is 0 Å². The number of hydrogen-bond acceptors (Lipinski definition) is 4. The maximum atomic E-state index is 13.0. The highest BCUT2D eigenvalue weighted by Crippen LogP contribution is 2.35. The van der Waals surface area contributed by atoms with Gasteiger partial charge >= 0.3 is 0 Å². The summed E-state index contributed by atoms with van der Waals surface area (Å²) in [7, 11) is 0. The molecule has 7 heteroatoms. The lowest BCUT2D eigenvalue weighted by atomic mass is 9.85. The number of rotatable bonds is 3. The molecule has 0 aromatic carbocycles. The van der Waals surface area contributed by atoms with Crippen LogP contribution in [0.1, 0.15) is 37.6 Å². The molecule has 2 aliphatic rings. The fraction of sp³-hybridized carbons (Fsp3) is 0.600. The molecule has 0 saturated carbocycles. The summed E-state index contributed by atoms with van der Waals surface area (Å²) in [5.74, 6) is -0.0247. The van der Waals surface area contributed by atoms with Crippen LogP contribution in [0.25, 0.3) is 0 Å². The number of amides is 3. The minimum Gasteiger partial charge on any atom is -0.342 e. The fourth-order valence-corrected chi connectivity index (χ4v) is 4.14. The number of carbonyl (C=O) groups is 3. The van der Waals surface area contributed by atoms with Crippen molar-refractivity contribution in [2.45, 2.75) is 27.2 Å². The number of pyridine rings is 1. The maximum absolute atomic E-state index is 13.0. The molecule has 2 saturated heterocycles. The van der Waals surface area contributed by atoms with Gasteiger partial charge in [-0.1, -0.05) is 13.8 Å². The van der Waals surface area contributed by atoms with Gasteiger partial charge in [0.25, 0.3) is 5.91 Å². The second-order valence-corrected chi connectivity index (χ2v) is 7.97. The second-order valence-electron chi connectivity index (χ2n) is 7.97. The topological polar surface area (TPSA) is 73.8 Å². The zero-order valence-corrected chi connectivity index (χ0v) is 16.4. The van der Waals surface area contributed by atoms with Gasteiger partial charge in [0.05, 0.1) is 5.56 Å². The van der Waals surface area contributed by atoms with Crippen molar-refractivity contribution in [3.8, 4) is 0 Å². The number of nitrogens with zero attached hydrogens (tertiary/aromatic N) is 4. The van der Waals surface area contributed by atoms with Gasteiger partial charge in [0, 0.05) is 69.4 Å². The first-order valence-corrected chi connectivity index (χ1v) is 9.61. The summed E-state index contributed by atoms with van der Waals surface area (Å²) in [6.45, 7) is 8.92. The van der Waals surface area contributed by atoms with Gasteiger partial charge in [-0.25, -0.2) is 0 Å². The molecule has 27 heavy (non-hydrogen) atoms. The lowest BCUT2D eigenvalue weighted by molar-refractivity contribution is -0.135. The Balaban J connectivity index is 1.89. The first-order valence-electron chi connectivity index (χ1n) is 9.61. The van der Waals surface area contributed by atoms with Crippen LogP contribution in [0.4, 0.5) is 0 Å². The molecule has 0 aliphatic carbocycles. The molecule has 1 atom stereocenters. The first-order chi connectivity index (χ1) is 12.8. The molecule has 0 bridgehead atoms. The Morgan fingerprint density at radius 1 is 1.19 bits per heavy atom. The van der Waals surface area contributed by atoms with Crippen molar-refractivity contribution in [2.24, 2.45) is 11.3 Å². The van der Waals surface area contributed by atoms with Crippen LogP contribution >= 0.6 is 0 Å². The Bertz CT molecular complexity index is 721. The molecule has 0 radical (unpaired) electrons. The van der Waals surface area contributed by atoms with Gasteiger partial charge < -0.3 is 14.7 Å². The number of hydrogen-bond donors (Lipinski definition) is 0. The summed E-state index contributed by atoms with van der Waals surface area (Å²) in [6.07, 6.45) is 3.58. The van der Waals surface area contributed by atoms with Gasteiger partial charge in [0.2, 0.25) is 11.8 Å². The molecule has 3 heterocycles. The maximum Gasteiger partial charge on any atom is 0.255 e. The largest absolute Gasteiger partial charge is 0.342 e. The average Bonchev–Trinajstić information content (AvgIpc) is 2.86. The van der Waals surface area contributed by atoms with E-state index >= 15 is 0 Å². The SMILES string of the molecule is CCN1C[C@]2(CC1=O)CN(C(=O)c1cccnc1)CCN(C(=O)C(C)C)C2. The summed E-state index contributed by atoms with van der Waals surface area (Å²) < 4.78 is 0. The Labute approximate surface area is 160 Å². The Kier molecular flexibility index (Phi) is 5.48. The van der Waals surface area contributed by atoms with E-state index < -0.39 is 5.41 Å². The van der Waals surface area contributed by atoms with Crippen molar-refractivity contribution in [1.29, 1.82) is 0 Å². The zero-order chi connectivity index (χ0) is 19.6. The van der Waals surface area contributed by atoms with Crippen molar-refractivity contribution >= 4 is 17.7 Å². The molecule has 2 aliphatic heterocycles. The Morgan fingerprint density at radius 3 is 2.48 bits per heavy atom. The number of likely N-dealkylation sites (tertiary alicyclic amines) is 1. The quantitative estimate of drug-likeness (QED) is 0.801. The Hall–Kier alpha value is -2.44. The minimum absolute atomic E-state index is 0.0763. The van der Waals surface area contributed by atoms with E-state index in [2.05, 4.69) is 4.98 Å². The third-order valence-electron chi connectivity index (χ3n) is 5.48. The van der Waals surface area contributed by atoms with E-state index in [1.54, 1.807) is 29.4 Å².